The molecule has 0 aliphatic heterocycles. The molecule has 2 N–H and O–H groups in total. The summed E-state index contributed by atoms with van der Waals surface area (Å²) in [5.41, 5.74) is 0.0776. The second kappa shape index (κ2) is 6.33. The third-order valence-electron chi connectivity index (χ3n) is 2.77. The van der Waals surface area contributed by atoms with Crippen molar-refractivity contribution >= 4 is 17.6 Å². The van der Waals surface area contributed by atoms with Gasteiger partial charge in [0, 0.05) is 0 Å². The zero-order chi connectivity index (χ0) is 14.5. The number of hydrogen-bond donors (Lipinski definition) is 2. The Morgan fingerprint density at radius 1 is 1.26 bits per heavy atom. The van der Waals surface area contributed by atoms with E-state index >= 15 is 0 Å². The Kier molecular flexibility index (Phi) is 5.06. The number of likely N-dealkylation sites (N-methyl/N-ethyl adjacent to an activating group) is 1. The van der Waals surface area contributed by atoms with Crippen molar-refractivity contribution < 1.29 is 14.3 Å². The summed E-state index contributed by atoms with van der Waals surface area (Å²) in [6, 6.07) is 6.76. The molecular formula is C14H20N2O3. The van der Waals surface area contributed by atoms with Crippen LogP contribution in [0.2, 0.25) is 0 Å². The average molecular weight is 264 g/mol. The van der Waals surface area contributed by atoms with Crippen LogP contribution in [0.15, 0.2) is 24.3 Å². The van der Waals surface area contributed by atoms with Crippen LogP contribution in [0.3, 0.4) is 0 Å². The molecule has 0 saturated carbocycles. The zero-order valence-corrected chi connectivity index (χ0v) is 11.7. The summed E-state index contributed by atoms with van der Waals surface area (Å²) < 4.78 is 4.69. The number of methoxy groups -OCH3 is 1. The molecule has 0 heterocycles. The molecule has 0 aliphatic carbocycles. The first kappa shape index (κ1) is 15.2. The first-order chi connectivity index (χ1) is 8.92. The molecule has 1 amide bonds. The average Bonchev–Trinajstić information content (AvgIpc) is 2.38. The molecule has 0 atom stereocenters. The lowest BCUT2D eigenvalue weighted by Gasteiger charge is -2.24. The Balaban J connectivity index is 2.94. The maximum Gasteiger partial charge on any atom is 0.339 e. The van der Waals surface area contributed by atoms with Crippen molar-refractivity contribution in [3.8, 4) is 0 Å². The quantitative estimate of drug-likeness (QED) is 0.796. The Bertz CT molecular complexity index is 470. The van der Waals surface area contributed by atoms with Crippen LogP contribution in [-0.4, -0.2) is 31.1 Å². The van der Waals surface area contributed by atoms with E-state index in [0.717, 1.165) is 0 Å². The molecule has 5 nitrogen and oxygen atoms in total. The van der Waals surface area contributed by atoms with Gasteiger partial charge < -0.3 is 15.4 Å². The van der Waals surface area contributed by atoms with Gasteiger partial charge in [0.25, 0.3) is 0 Å². The monoisotopic (exact) mass is 264 g/mol. The number of carbonyl (C=O) groups is 2. The van der Waals surface area contributed by atoms with Crippen LogP contribution in [0.25, 0.3) is 0 Å². The van der Waals surface area contributed by atoms with E-state index in [1.165, 1.54) is 7.11 Å². The Labute approximate surface area is 113 Å². The summed E-state index contributed by atoms with van der Waals surface area (Å²) in [4.78, 5) is 23.8. The number of anilines is 1. The number of rotatable bonds is 5. The fourth-order valence-corrected chi connectivity index (χ4v) is 1.68. The van der Waals surface area contributed by atoms with E-state index in [9.17, 15) is 9.59 Å². The summed E-state index contributed by atoms with van der Waals surface area (Å²) in [5.74, 6) is -0.678. The normalized spacial score (nSPS) is 10.9. The molecule has 0 radical (unpaired) electrons. The van der Waals surface area contributed by atoms with Crippen molar-refractivity contribution in [3.63, 3.8) is 0 Å². The van der Waals surface area contributed by atoms with E-state index in [-0.39, 0.29) is 5.91 Å². The van der Waals surface area contributed by atoms with E-state index < -0.39 is 11.5 Å². The first-order valence-electron chi connectivity index (χ1n) is 6.16. The largest absolute Gasteiger partial charge is 0.465 e. The highest BCUT2D eigenvalue weighted by Crippen LogP contribution is 2.17. The molecule has 0 saturated heterocycles. The van der Waals surface area contributed by atoms with Crippen LogP contribution in [-0.2, 0) is 9.53 Å². The summed E-state index contributed by atoms with van der Waals surface area (Å²) in [6.45, 7) is 6.18. The van der Waals surface area contributed by atoms with Gasteiger partial charge in [0.15, 0.2) is 0 Å². The van der Waals surface area contributed by atoms with E-state index in [2.05, 4.69) is 15.4 Å². The highest BCUT2D eigenvalue weighted by molar-refractivity contribution is 6.03. The Morgan fingerprint density at radius 3 is 2.47 bits per heavy atom. The number of nitrogens with one attached hydrogen (secondary N) is 2. The fraction of sp³-hybridized carbons (Fsp3) is 0.429. The number of carbonyl (C=O) groups excluding carboxylic acids is 2. The van der Waals surface area contributed by atoms with Crippen LogP contribution in [0, 0.1) is 0 Å². The summed E-state index contributed by atoms with van der Waals surface area (Å²) in [5, 5.41) is 5.82. The van der Waals surface area contributed by atoms with Gasteiger partial charge in [0.1, 0.15) is 0 Å². The van der Waals surface area contributed by atoms with Crippen molar-refractivity contribution in [2.75, 3.05) is 19.0 Å². The van der Waals surface area contributed by atoms with Crippen LogP contribution >= 0.6 is 0 Å². The first-order valence-corrected chi connectivity index (χ1v) is 6.16. The molecular weight excluding hydrogens is 244 g/mol. The number of para-hydroxylation sites is 1. The predicted octanol–water partition coefficient (Wildman–Crippen LogP) is 1.80. The number of esters is 1. The van der Waals surface area contributed by atoms with Crippen molar-refractivity contribution in [2.45, 2.75) is 26.3 Å². The van der Waals surface area contributed by atoms with E-state index in [1.54, 1.807) is 38.1 Å². The van der Waals surface area contributed by atoms with Crippen LogP contribution in [0.4, 0.5) is 5.69 Å². The summed E-state index contributed by atoms with van der Waals surface area (Å²) in [7, 11) is 1.31. The van der Waals surface area contributed by atoms with Gasteiger partial charge in [-0.1, -0.05) is 19.1 Å². The van der Waals surface area contributed by atoms with Crippen LogP contribution in [0.1, 0.15) is 31.1 Å². The third-order valence-corrected chi connectivity index (χ3v) is 2.77. The van der Waals surface area contributed by atoms with Crippen LogP contribution < -0.4 is 10.6 Å². The van der Waals surface area contributed by atoms with Gasteiger partial charge >= 0.3 is 5.97 Å². The van der Waals surface area contributed by atoms with Crippen molar-refractivity contribution in [1.29, 1.82) is 0 Å². The van der Waals surface area contributed by atoms with Crippen LogP contribution in [0.5, 0.6) is 0 Å². The van der Waals surface area contributed by atoms with Crippen molar-refractivity contribution in [2.24, 2.45) is 0 Å². The number of ether oxygens (including phenoxy) is 1. The third kappa shape index (κ3) is 3.79. The van der Waals surface area contributed by atoms with Gasteiger partial charge in [-0.2, -0.15) is 0 Å². The molecule has 0 fully saturated rings. The SMILES string of the molecule is CCNC(C)(C)C(=O)Nc1ccccc1C(=O)OC. The molecule has 5 heteroatoms. The maximum absolute atomic E-state index is 12.2. The Hall–Kier alpha value is -1.88. The zero-order valence-electron chi connectivity index (χ0n) is 11.7. The lowest BCUT2D eigenvalue weighted by molar-refractivity contribution is -0.121. The number of hydrogen-bond acceptors (Lipinski definition) is 4. The molecule has 0 spiro atoms. The standard InChI is InChI=1S/C14H20N2O3/c1-5-15-14(2,3)13(18)16-11-9-7-6-8-10(11)12(17)19-4/h6-9,15H,5H2,1-4H3,(H,16,18). The molecule has 104 valence electrons. The molecule has 0 unspecified atom stereocenters. The molecule has 1 aromatic rings. The molecule has 1 aromatic carbocycles. The smallest absolute Gasteiger partial charge is 0.339 e. The highest BCUT2D eigenvalue weighted by atomic mass is 16.5. The van der Waals surface area contributed by atoms with E-state index in [4.69, 9.17) is 0 Å². The second-order valence-electron chi connectivity index (χ2n) is 4.65. The maximum atomic E-state index is 12.2. The predicted molar refractivity (Wildman–Crippen MR) is 74.2 cm³/mol. The van der Waals surface area contributed by atoms with Gasteiger partial charge in [0.05, 0.1) is 23.9 Å². The minimum absolute atomic E-state index is 0.203. The van der Waals surface area contributed by atoms with Gasteiger partial charge in [-0.3, -0.25) is 4.79 Å². The Morgan fingerprint density at radius 2 is 1.89 bits per heavy atom. The van der Waals surface area contributed by atoms with Gasteiger partial charge in [-0.05, 0) is 32.5 Å². The molecule has 0 aliphatic rings. The second-order valence-corrected chi connectivity index (χ2v) is 4.65. The lowest BCUT2D eigenvalue weighted by Crippen LogP contribution is -2.49. The molecule has 0 aromatic heterocycles. The number of amides is 1. The minimum atomic E-state index is -0.710. The van der Waals surface area contributed by atoms with E-state index in [1.807, 2.05) is 6.92 Å². The van der Waals surface area contributed by atoms with Crippen molar-refractivity contribution in [3.05, 3.63) is 29.8 Å². The number of benzene rings is 1. The van der Waals surface area contributed by atoms with Gasteiger partial charge in [0.2, 0.25) is 5.91 Å². The topological polar surface area (TPSA) is 67.4 Å². The highest BCUT2D eigenvalue weighted by Gasteiger charge is 2.27. The molecule has 0 bridgehead atoms. The van der Waals surface area contributed by atoms with Gasteiger partial charge in [-0.25, -0.2) is 4.79 Å². The van der Waals surface area contributed by atoms with Gasteiger partial charge in [-0.15, -0.1) is 0 Å². The molecule has 19 heavy (non-hydrogen) atoms. The minimum Gasteiger partial charge on any atom is -0.465 e. The fourth-order valence-electron chi connectivity index (χ4n) is 1.68. The van der Waals surface area contributed by atoms with Crippen molar-refractivity contribution in [1.82, 2.24) is 5.32 Å². The summed E-state index contributed by atoms with van der Waals surface area (Å²) >= 11 is 0. The summed E-state index contributed by atoms with van der Waals surface area (Å²) in [6.07, 6.45) is 0. The molecule has 1 rings (SSSR count). The lowest BCUT2D eigenvalue weighted by atomic mass is 10.0. The van der Waals surface area contributed by atoms with E-state index in [0.29, 0.717) is 17.8 Å².